The quantitative estimate of drug-likeness (QED) is 0.299. The summed E-state index contributed by atoms with van der Waals surface area (Å²) in [7, 11) is 1.59. The Bertz CT molecular complexity index is 990. The van der Waals surface area contributed by atoms with E-state index in [0.717, 1.165) is 16.3 Å². The molecule has 172 valence electrons. The molecule has 3 heteroatoms. The molecule has 0 atom stereocenters. The molecule has 0 aliphatic carbocycles. The first-order valence-electron chi connectivity index (χ1n) is 11.6. The van der Waals surface area contributed by atoms with Crippen LogP contribution in [0.5, 0.6) is 5.75 Å². The van der Waals surface area contributed by atoms with Crippen molar-refractivity contribution in [1.82, 2.24) is 0 Å². The number of phenols is 1. The third kappa shape index (κ3) is 8.89. The van der Waals surface area contributed by atoms with Crippen molar-refractivity contribution in [1.29, 1.82) is 0 Å². The standard InChI is InChI=1S/C12H12N2O.C10H8.C3H8.2C2H6/c1-8-7-9-5-3-4-6-10(9)12(15)11(8)14-13-2;1-2-6-10-8-4-3-7-9(10)5-1;1-3-2;2*1-2/h3-7,15H,1-2H3;1-8H;3H2,1-2H3;2*1-2H3. The molecule has 0 aliphatic heterocycles. The fourth-order valence-corrected chi connectivity index (χ4v) is 2.81. The molecular weight excluding hydrogens is 392 g/mol. The maximum absolute atomic E-state index is 10.0. The van der Waals surface area contributed by atoms with Crippen LogP contribution in [0.25, 0.3) is 21.5 Å². The number of hydrogen-bond donors (Lipinski definition) is 1. The summed E-state index contributed by atoms with van der Waals surface area (Å²) < 4.78 is 0. The molecule has 0 saturated heterocycles. The molecule has 0 heterocycles. The van der Waals surface area contributed by atoms with Crippen LogP contribution < -0.4 is 0 Å². The van der Waals surface area contributed by atoms with Gasteiger partial charge in [0.15, 0.2) is 5.75 Å². The summed E-state index contributed by atoms with van der Waals surface area (Å²) in [6.45, 7) is 14.2. The largest absolute Gasteiger partial charge is 0.505 e. The minimum absolute atomic E-state index is 0.205. The molecule has 0 bridgehead atoms. The highest BCUT2D eigenvalue weighted by atomic mass is 16.3. The van der Waals surface area contributed by atoms with E-state index in [9.17, 15) is 5.11 Å². The van der Waals surface area contributed by atoms with E-state index >= 15 is 0 Å². The normalized spacial score (nSPS) is 9.38. The molecule has 4 aromatic rings. The van der Waals surface area contributed by atoms with Gasteiger partial charge in [0.1, 0.15) is 5.69 Å². The van der Waals surface area contributed by atoms with Crippen molar-refractivity contribution in [3.63, 3.8) is 0 Å². The smallest absolute Gasteiger partial charge is 0.151 e. The van der Waals surface area contributed by atoms with E-state index in [0.29, 0.717) is 5.69 Å². The highest BCUT2D eigenvalue weighted by Crippen LogP contribution is 2.37. The second-order valence-electron chi connectivity index (χ2n) is 6.47. The van der Waals surface area contributed by atoms with Gasteiger partial charge in [0.25, 0.3) is 0 Å². The SMILES string of the molecule is CC.CC.CCC.CN=Nc1c(C)cc2ccccc2c1O.c1ccc2ccccc2c1. The number of hydrogen-bond acceptors (Lipinski definition) is 3. The number of rotatable bonds is 1. The minimum Gasteiger partial charge on any atom is -0.505 e. The summed E-state index contributed by atoms with van der Waals surface area (Å²) in [5.41, 5.74) is 1.48. The van der Waals surface area contributed by atoms with Crippen molar-refractivity contribution in [2.75, 3.05) is 7.05 Å². The topological polar surface area (TPSA) is 45.0 Å². The minimum atomic E-state index is 0.205. The van der Waals surface area contributed by atoms with Crippen molar-refractivity contribution in [3.05, 3.63) is 84.4 Å². The van der Waals surface area contributed by atoms with E-state index < -0.39 is 0 Å². The lowest BCUT2D eigenvalue weighted by atomic mass is 10.0. The van der Waals surface area contributed by atoms with Gasteiger partial charge in [0, 0.05) is 12.4 Å². The van der Waals surface area contributed by atoms with Crippen LogP contribution in [0.15, 0.2) is 89.1 Å². The van der Waals surface area contributed by atoms with Crippen LogP contribution in [0.1, 0.15) is 53.5 Å². The molecule has 0 aliphatic rings. The number of azo groups is 1. The van der Waals surface area contributed by atoms with Crippen LogP contribution in [-0.4, -0.2) is 12.2 Å². The Labute approximate surface area is 194 Å². The molecule has 0 saturated carbocycles. The lowest BCUT2D eigenvalue weighted by Gasteiger charge is -2.06. The average molecular weight is 433 g/mol. The van der Waals surface area contributed by atoms with E-state index in [4.69, 9.17) is 0 Å². The van der Waals surface area contributed by atoms with Crippen LogP contribution >= 0.6 is 0 Å². The van der Waals surface area contributed by atoms with Crippen LogP contribution in [0, 0.1) is 6.92 Å². The Morgan fingerprint density at radius 3 is 1.47 bits per heavy atom. The zero-order valence-electron chi connectivity index (χ0n) is 21.1. The highest BCUT2D eigenvalue weighted by molar-refractivity contribution is 5.93. The lowest BCUT2D eigenvalue weighted by Crippen LogP contribution is -1.79. The second kappa shape index (κ2) is 17.5. The molecule has 0 spiro atoms. The number of fused-ring (bicyclic) bond motifs is 2. The molecule has 32 heavy (non-hydrogen) atoms. The molecule has 0 radical (unpaired) electrons. The second-order valence-corrected chi connectivity index (χ2v) is 6.47. The lowest BCUT2D eigenvalue weighted by molar-refractivity contribution is 0.482. The Balaban J connectivity index is 0.000000489. The number of nitrogens with zero attached hydrogens (tertiary/aromatic N) is 2. The molecule has 0 amide bonds. The Kier molecular flexibility index (Phi) is 15.7. The van der Waals surface area contributed by atoms with Gasteiger partial charge < -0.3 is 5.11 Å². The van der Waals surface area contributed by atoms with Gasteiger partial charge in [-0.2, -0.15) is 10.2 Å². The third-order valence-corrected chi connectivity index (χ3v) is 4.04. The molecule has 0 unspecified atom stereocenters. The van der Waals surface area contributed by atoms with Crippen LogP contribution in [0.4, 0.5) is 5.69 Å². The Hall–Kier alpha value is -3.20. The van der Waals surface area contributed by atoms with E-state index in [2.05, 4.69) is 72.6 Å². The Morgan fingerprint density at radius 2 is 1.06 bits per heavy atom. The van der Waals surface area contributed by atoms with Crippen LogP contribution in [0.3, 0.4) is 0 Å². The molecule has 1 N–H and O–H groups in total. The van der Waals surface area contributed by atoms with Crippen molar-refractivity contribution in [3.8, 4) is 5.75 Å². The third-order valence-electron chi connectivity index (χ3n) is 4.04. The number of aromatic hydroxyl groups is 1. The molecule has 3 nitrogen and oxygen atoms in total. The number of aryl methyl sites for hydroxylation is 1. The number of benzene rings is 4. The van der Waals surface area contributed by atoms with E-state index in [1.165, 1.54) is 17.2 Å². The zero-order valence-corrected chi connectivity index (χ0v) is 21.1. The maximum Gasteiger partial charge on any atom is 0.151 e. The first-order chi connectivity index (χ1) is 15.6. The van der Waals surface area contributed by atoms with Crippen molar-refractivity contribution in [2.24, 2.45) is 10.2 Å². The first kappa shape index (κ1) is 28.8. The summed E-state index contributed by atoms with van der Waals surface area (Å²) in [4.78, 5) is 0. The van der Waals surface area contributed by atoms with E-state index in [-0.39, 0.29) is 5.75 Å². The maximum atomic E-state index is 10.0. The molecule has 0 fully saturated rings. The van der Waals surface area contributed by atoms with Gasteiger partial charge >= 0.3 is 0 Å². The summed E-state index contributed by atoms with van der Waals surface area (Å²) in [6, 6.07) is 26.4. The highest BCUT2D eigenvalue weighted by Gasteiger charge is 2.08. The van der Waals surface area contributed by atoms with Crippen molar-refractivity contribution < 1.29 is 5.11 Å². The summed E-state index contributed by atoms with van der Waals surface area (Å²) in [6.07, 6.45) is 1.25. The molecule has 4 rings (SSSR count). The van der Waals surface area contributed by atoms with Gasteiger partial charge in [-0.25, -0.2) is 0 Å². The van der Waals surface area contributed by atoms with Crippen LogP contribution in [-0.2, 0) is 0 Å². The first-order valence-corrected chi connectivity index (χ1v) is 11.6. The predicted octanol–water partition coefficient (Wildman–Crippen LogP) is 9.88. The molecular formula is C29H40N2O. The van der Waals surface area contributed by atoms with Gasteiger partial charge in [-0.1, -0.05) is 121 Å². The van der Waals surface area contributed by atoms with Gasteiger partial charge in [-0.05, 0) is 34.7 Å². The predicted molar refractivity (Wildman–Crippen MR) is 143 cm³/mol. The molecule has 4 aromatic carbocycles. The Morgan fingerprint density at radius 1 is 0.688 bits per heavy atom. The van der Waals surface area contributed by atoms with Gasteiger partial charge in [-0.3, -0.25) is 0 Å². The van der Waals surface area contributed by atoms with Gasteiger partial charge in [0.05, 0.1) is 0 Å². The van der Waals surface area contributed by atoms with E-state index in [1.54, 1.807) is 7.05 Å². The number of phenolic OH excluding ortho intramolecular Hbond substituents is 1. The monoisotopic (exact) mass is 432 g/mol. The zero-order chi connectivity index (χ0) is 24.4. The molecule has 0 aromatic heterocycles. The van der Waals surface area contributed by atoms with Crippen LogP contribution in [0.2, 0.25) is 0 Å². The van der Waals surface area contributed by atoms with E-state index in [1.807, 2.05) is 65.0 Å². The summed E-state index contributed by atoms with van der Waals surface area (Å²) >= 11 is 0. The summed E-state index contributed by atoms with van der Waals surface area (Å²) in [5.74, 6) is 0.205. The van der Waals surface area contributed by atoms with Gasteiger partial charge in [0.2, 0.25) is 0 Å². The van der Waals surface area contributed by atoms with Crippen molar-refractivity contribution in [2.45, 2.75) is 54.9 Å². The summed E-state index contributed by atoms with van der Waals surface area (Å²) in [5, 5.41) is 22.1. The van der Waals surface area contributed by atoms with Gasteiger partial charge in [-0.15, -0.1) is 0 Å². The average Bonchev–Trinajstić information content (AvgIpc) is 2.85. The van der Waals surface area contributed by atoms with Crippen molar-refractivity contribution >= 4 is 27.2 Å². The fourth-order valence-electron chi connectivity index (χ4n) is 2.81. The fraction of sp³-hybridized carbons (Fsp3) is 0.310.